The predicted octanol–water partition coefficient (Wildman–Crippen LogP) is 6.81. The largest absolute Gasteiger partial charge is 0.484 e. The maximum atomic E-state index is 13.3. The van der Waals surface area contributed by atoms with Gasteiger partial charge in [0.1, 0.15) is 18.5 Å². The lowest BCUT2D eigenvalue weighted by molar-refractivity contribution is -0.142. The molecule has 0 bridgehead atoms. The second kappa shape index (κ2) is 12.4. The minimum Gasteiger partial charge on any atom is -0.484 e. The molecule has 0 saturated carbocycles. The second-order valence-corrected chi connectivity index (χ2v) is 13.8. The Bertz CT molecular complexity index is 1760. The zero-order valence-corrected chi connectivity index (χ0v) is 27.6. The summed E-state index contributed by atoms with van der Waals surface area (Å²) < 4.78 is 13.9. The summed E-state index contributed by atoms with van der Waals surface area (Å²) in [6, 6.07) is 17.4. The van der Waals surface area contributed by atoms with Crippen LogP contribution in [0.25, 0.3) is 5.65 Å². The number of fused-ring (bicyclic) bond motifs is 2. The number of rotatable bonds is 7. The molecule has 0 unspecified atom stereocenters. The summed E-state index contributed by atoms with van der Waals surface area (Å²) in [6.45, 7) is 11.1. The summed E-state index contributed by atoms with van der Waals surface area (Å²) in [5, 5.41) is 15.2. The van der Waals surface area contributed by atoms with E-state index in [-0.39, 0.29) is 41.7 Å². The number of carbonyl (C=O) groups excluding carboxylic acids is 2. The van der Waals surface area contributed by atoms with Gasteiger partial charge in [0, 0.05) is 12.6 Å². The van der Waals surface area contributed by atoms with Gasteiger partial charge in [0.05, 0.1) is 17.8 Å². The molecular formula is C36H44N6O4. The summed E-state index contributed by atoms with van der Waals surface area (Å²) in [7, 11) is 2.14. The van der Waals surface area contributed by atoms with Crippen LogP contribution in [-0.4, -0.2) is 45.1 Å². The van der Waals surface area contributed by atoms with Crippen molar-refractivity contribution in [1.29, 1.82) is 0 Å². The average Bonchev–Trinajstić information content (AvgIpc) is 3.59. The number of amides is 2. The number of nitrogens with one attached hydrogen (secondary N) is 2. The molecule has 242 valence electrons. The predicted molar refractivity (Wildman–Crippen MR) is 177 cm³/mol. The third kappa shape index (κ3) is 6.44. The molecule has 2 aromatic heterocycles. The van der Waals surface area contributed by atoms with Gasteiger partial charge >= 0.3 is 12.0 Å². The van der Waals surface area contributed by atoms with Gasteiger partial charge in [-0.1, -0.05) is 51.1 Å². The number of anilines is 1. The highest BCUT2D eigenvalue weighted by Crippen LogP contribution is 2.40. The van der Waals surface area contributed by atoms with Gasteiger partial charge in [-0.05, 0) is 98.1 Å². The number of esters is 1. The van der Waals surface area contributed by atoms with Crippen molar-refractivity contribution >= 4 is 23.3 Å². The molecule has 2 amide bonds. The normalized spacial score (nSPS) is 21.5. The average molecular weight is 625 g/mol. The fourth-order valence-corrected chi connectivity index (χ4v) is 6.67. The molecule has 10 heteroatoms. The van der Waals surface area contributed by atoms with Crippen LogP contribution in [0.2, 0.25) is 0 Å². The second-order valence-electron chi connectivity index (χ2n) is 13.8. The highest BCUT2D eigenvalue weighted by molar-refractivity contribution is 5.90. The van der Waals surface area contributed by atoms with E-state index in [0.717, 1.165) is 71.7 Å². The fraction of sp³-hybridized carbons (Fsp3) is 0.444. The Morgan fingerprint density at radius 1 is 1.04 bits per heavy atom. The third-order valence-corrected chi connectivity index (χ3v) is 9.43. The highest BCUT2D eigenvalue weighted by atomic mass is 16.5. The molecule has 3 heterocycles. The number of ether oxygens (including phenoxy) is 2. The molecule has 1 aliphatic carbocycles. The first-order valence-electron chi connectivity index (χ1n) is 16.1. The monoisotopic (exact) mass is 624 g/mol. The molecule has 4 aromatic rings. The van der Waals surface area contributed by atoms with E-state index in [1.54, 1.807) is 0 Å². The van der Waals surface area contributed by atoms with Crippen LogP contribution in [-0.2, 0) is 27.1 Å². The summed E-state index contributed by atoms with van der Waals surface area (Å²) >= 11 is 0. The Balaban J connectivity index is 1.18. The zero-order chi connectivity index (χ0) is 32.6. The van der Waals surface area contributed by atoms with Crippen LogP contribution in [0.3, 0.4) is 0 Å². The van der Waals surface area contributed by atoms with Crippen molar-refractivity contribution in [3.8, 4) is 5.75 Å². The number of benzene rings is 2. The topological polar surface area (TPSA) is 110 Å². The Morgan fingerprint density at radius 3 is 2.54 bits per heavy atom. The zero-order valence-electron chi connectivity index (χ0n) is 27.6. The lowest BCUT2D eigenvalue weighted by Gasteiger charge is -2.32. The van der Waals surface area contributed by atoms with E-state index < -0.39 is 0 Å². The maximum absolute atomic E-state index is 13.3. The van der Waals surface area contributed by atoms with Crippen molar-refractivity contribution < 1.29 is 19.1 Å². The first-order chi connectivity index (χ1) is 21.9. The van der Waals surface area contributed by atoms with Crippen LogP contribution in [0, 0.1) is 0 Å². The number of aromatic nitrogens is 3. The van der Waals surface area contributed by atoms with Gasteiger partial charge in [0.2, 0.25) is 0 Å². The maximum Gasteiger partial charge on any atom is 0.319 e. The highest BCUT2D eigenvalue weighted by Gasteiger charge is 2.40. The minimum atomic E-state index is -0.345. The smallest absolute Gasteiger partial charge is 0.319 e. The molecule has 2 aliphatic rings. The van der Waals surface area contributed by atoms with Gasteiger partial charge in [-0.25, -0.2) is 4.79 Å². The third-order valence-electron chi connectivity index (χ3n) is 9.43. The van der Waals surface area contributed by atoms with Crippen LogP contribution in [0.1, 0.15) is 101 Å². The Labute approximate surface area is 270 Å². The molecule has 2 N–H and O–H groups in total. The van der Waals surface area contributed by atoms with Gasteiger partial charge in [-0.15, -0.1) is 10.2 Å². The van der Waals surface area contributed by atoms with E-state index in [1.807, 2.05) is 48.7 Å². The van der Waals surface area contributed by atoms with Crippen LogP contribution in [0.4, 0.5) is 10.5 Å². The van der Waals surface area contributed by atoms with Crippen molar-refractivity contribution in [1.82, 2.24) is 24.8 Å². The number of carbonyl (C=O) groups is 2. The van der Waals surface area contributed by atoms with E-state index in [0.29, 0.717) is 5.69 Å². The van der Waals surface area contributed by atoms with Gasteiger partial charge in [-0.2, -0.15) is 0 Å². The van der Waals surface area contributed by atoms with Crippen molar-refractivity contribution in [2.45, 2.75) is 90.0 Å². The molecule has 6 rings (SSSR count). The number of hydrogen-bond acceptors (Lipinski definition) is 7. The molecule has 3 atom stereocenters. The molecular weight excluding hydrogens is 580 g/mol. The van der Waals surface area contributed by atoms with Crippen LogP contribution >= 0.6 is 0 Å². The van der Waals surface area contributed by atoms with Crippen molar-refractivity contribution in [3.05, 3.63) is 88.9 Å². The Hall–Kier alpha value is -4.44. The summed E-state index contributed by atoms with van der Waals surface area (Å²) in [5.74, 6) is 1.34. The van der Waals surface area contributed by atoms with Gasteiger partial charge in [-0.3, -0.25) is 14.1 Å². The van der Waals surface area contributed by atoms with E-state index in [4.69, 9.17) is 9.47 Å². The standard InChI is InChI=1S/C36H44N6O4/c1-23(43)45-22-24-18-25(35(2,3)4)20-26(19-24)37-34(44)38-30-13-14-31(29-11-8-7-10-28(29)30)46-27-12-15-32-39-40-33(42(32)21-27)36(5)16-9-17-41(36)6/h7-8,10-12,15,18-21,30-31H,9,13-14,16-17,22H2,1-6H3,(H2,37,38,44)/t30-,31+,36-/m0/s1. The molecule has 1 aliphatic heterocycles. The molecule has 1 fully saturated rings. The number of pyridine rings is 1. The molecule has 10 nitrogen and oxygen atoms in total. The number of hydrogen-bond donors (Lipinski definition) is 2. The van der Waals surface area contributed by atoms with Gasteiger partial charge < -0.3 is 20.1 Å². The SMILES string of the molecule is CC(=O)OCc1cc(NC(=O)N[C@H]2CC[C@@H](Oc3ccc4nnc([C@]5(C)CCCN5C)n4c3)c3ccccc32)cc(C(C)(C)C)c1. The van der Waals surface area contributed by atoms with Crippen LogP contribution in [0.5, 0.6) is 5.75 Å². The van der Waals surface area contributed by atoms with E-state index in [9.17, 15) is 9.59 Å². The molecule has 1 saturated heterocycles. The van der Waals surface area contributed by atoms with E-state index in [1.165, 1.54) is 6.92 Å². The Morgan fingerprint density at radius 2 is 1.83 bits per heavy atom. The molecule has 46 heavy (non-hydrogen) atoms. The molecule has 0 spiro atoms. The van der Waals surface area contributed by atoms with Crippen molar-refractivity contribution in [3.63, 3.8) is 0 Å². The Kier molecular flexibility index (Phi) is 8.50. The lowest BCUT2D eigenvalue weighted by Crippen LogP contribution is -2.37. The van der Waals surface area contributed by atoms with E-state index >= 15 is 0 Å². The first-order valence-corrected chi connectivity index (χ1v) is 16.1. The van der Waals surface area contributed by atoms with Gasteiger partial charge in [0.25, 0.3) is 0 Å². The number of likely N-dealkylation sites (tertiary alicyclic amines) is 1. The first kappa shape index (κ1) is 31.5. The molecule has 0 radical (unpaired) electrons. The van der Waals surface area contributed by atoms with Crippen LogP contribution < -0.4 is 15.4 Å². The fourth-order valence-electron chi connectivity index (χ4n) is 6.67. The summed E-state index contributed by atoms with van der Waals surface area (Å²) in [5.41, 5.74) is 5.09. The van der Waals surface area contributed by atoms with Crippen LogP contribution in [0.15, 0.2) is 60.8 Å². The summed E-state index contributed by atoms with van der Waals surface area (Å²) in [4.78, 5) is 27.1. The quantitative estimate of drug-likeness (QED) is 0.218. The van der Waals surface area contributed by atoms with Crippen molar-refractivity contribution in [2.75, 3.05) is 18.9 Å². The van der Waals surface area contributed by atoms with Gasteiger partial charge in [0.15, 0.2) is 11.5 Å². The number of nitrogens with zero attached hydrogens (tertiary/aromatic N) is 4. The lowest BCUT2D eigenvalue weighted by atomic mass is 9.85. The van der Waals surface area contributed by atoms with Crippen molar-refractivity contribution in [2.24, 2.45) is 0 Å². The number of urea groups is 1. The minimum absolute atomic E-state index is 0.148. The molecule has 2 aromatic carbocycles. The van der Waals surface area contributed by atoms with E-state index in [2.05, 4.69) is 77.0 Å². The summed E-state index contributed by atoms with van der Waals surface area (Å²) in [6.07, 6.45) is 5.46.